The molecule has 24 heavy (non-hydrogen) atoms. The Hall–Kier alpha value is -1.98. The monoisotopic (exact) mass is 336 g/mol. The minimum Gasteiger partial charge on any atom is -0.290 e. The third-order valence-electron chi connectivity index (χ3n) is 4.18. The van der Waals surface area contributed by atoms with Crippen molar-refractivity contribution < 1.29 is 28.8 Å². The van der Waals surface area contributed by atoms with Crippen molar-refractivity contribution in [3.63, 3.8) is 0 Å². The van der Waals surface area contributed by atoms with Gasteiger partial charge in [-0.1, -0.05) is 51.4 Å². The molecule has 6 nitrogen and oxygen atoms in total. The van der Waals surface area contributed by atoms with Crippen molar-refractivity contribution in [3.05, 3.63) is 0 Å². The van der Waals surface area contributed by atoms with Gasteiger partial charge in [0.25, 0.3) is 23.1 Å². The van der Waals surface area contributed by atoms with Crippen molar-refractivity contribution in [2.45, 2.75) is 77.0 Å². The maximum atomic E-state index is 11.6. The van der Waals surface area contributed by atoms with Gasteiger partial charge in [-0.2, -0.15) is 0 Å². The first-order chi connectivity index (χ1) is 11.4. The summed E-state index contributed by atoms with van der Waals surface area (Å²) < 4.78 is 0. The molecule has 132 valence electrons. The van der Waals surface area contributed by atoms with Crippen LogP contribution in [0, 0.1) is 0 Å². The first kappa shape index (κ1) is 20.1. The number of carbonyl (C=O) groups excluding carboxylic acids is 6. The molecule has 0 atom stereocenters. The van der Waals surface area contributed by atoms with E-state index in [1.165, 1.54) is 0 Å². The topological polar surface area (TPSA) is 102 Å². The number of rotatable bonds is 0. The Morgan fingerprint density at radius 2 is 0.583 bits per heavy atom. The van der Waals surface area contributed by atoms with E-state index in [1.54, 1.807) is 0 Å². The molecule has 0 heterocycles. The van der Waals surface area contributed by atoms with Gasteiger partial charge in [0, 0.05) is 12.8 Å². The molecular weight excluding hydrogens is 312 g/mol. The maximum absolute atomic E-state index is 11.6. The Kier molecular flexibility index (Phi) is 8.97. The summed E-state index contributed by atoms with van der Waals surface area (Å²) in [6.45, 7) is 0. The van der Waals surface area contributed by atoms with Gasteiger partial charge in [0.05, 0.1) is 0 Å². The summed E-state index contributed by atoms with van der Waals surface area (Å²) in [7, 11) is 0. The van der Waals surface area contributed by atoms with Crippen molar-refractivity contribution in [3.8, 4) is 0 Å². The molecule has 0 aliphatic heterocycles. The normalized spacial score (nSPS) is 21.5. The lowest BCUT2D eigenvalue weighted by Gasteiger charge is -2.04. The smallest absolute Gasteiger partial charge is 0.280 e. The van der Waals surface area contributed by atoms with E-state index in [-0.39, 0.29) is 12.8 Å². The SMILES string of the molecule is O=C1CCCCCCCCCCCCC(=O)C(=O)C(=O)C(=O)C1=O. The number of carbonyl (C=O) groups is 6. The van der Waals surface area contributed by atoms with E-state index in [9.17, 15) is 28.8 Å². The third-order valence-corrected chi connectivity index (χ3v) is 4.18. The van der Waals surface area contributed by atoms with Crippen LogP contribution in [0.5, 0.6) is 0 Å². The lowest BCUT2D eigenvalue weighted by Crippen LogP contribution is -2.37. The Morgan fingerprint density at radius 3 is 0.875 bits per heavy atom. The van der Waals surface area contributed by atoms with Gasteiger partial charge in [0.1, 0.15) is 0 Å². The van der Waals surface area contributed by atoms with Crippen molar-refractivity contribution in [1.82, 2.24) is 0 Å². The van der Waals surface area contributed by atoms with Crippen molar-refractivity contribution >= 4 is 34.7 Å². The first-order valence-electron chi connectivity index (χ1n) is 8.68. The molecule has 1 aliphatic rings. The molecule has 0 amide bonds. The molecule has 1 rings (SSSR count). The highest BCUT2D eigenvalue weighted by molar-refractivity contribution is 6.92. The van der Waals surface area contributed by atoms with Gasteiger partial charge in [-0.25, -0.2) is 0 Å². The zero-order chi connectivity index (χ0) is 17.9. The highest BCUT2D eigenvalue weighted by atomic mass is 16.2. The molecule has 1 aliphatic carbocycles. The lowest BCUT2D eigenvalue weighted by molar-refractivity contribution is -0.152. The van der Waals surface area contributed by atoms with Gasteiger partial charge < -0.3 is 0 Å². The van der Waals surface area contributed by atoms with E-state index in [0.717, 1.165) is 51.4 Å². The van der Waals surface area contributed by atoms with E-state index in [1.807, 2.05) is 0 Å². The van der Waals surface area contributed by atoms with Gasteiger partial charge in [-0.3, -0.25) is 28.8 Å². The predicted octanol–water partition coefficient (Wildman–Crippen LogP) is 2.10. The predicted molar refractivity (Wildman–Crippen MR) is 85.4 cm³/mol. The molecule has 0 aromatic heterocycles. The second kappa shape index (κ2) is 10.7. The summed E-state index contributed by atoms with van der Waals surface area (Å²) >= 11 is 0. The highest BCUT2D eigenvalue weighted by Gasteiger charge is 2.35. The summed E-state index contributed by atoms with van der Waals surface area (Å²) in [5.41, 5.74) is 0. The molecule has 0 saturated heterocycles. The molecule has 0 radical (unpaired) electrons. The molecule has 0 bridgehead atoms. The van der Waals surface area contributed by atoms with E-state index < -0.39 is 34.7 Å². The largest absolute Gasteiger partial charge is 0.290 e. The van der Waals surface area contributed by atoms with E-state index in [0.29, 0.717) is 12.8 Å². The second-order valence-electron chi connectivity index (χ2n) is 6.20. The molecular formula is C18H24O6. The van der Waals surface area contributed by atoms with Crippen LogP contribution in [0.15, 0.2) is 0 Å². The van der Waals surface area contributed by atoms with Crippen molar-refractivity contribution in [2.75, 3.05) is 0 Å². The Labute approximate surface area is 141 Å². The maximum Gasteiger partial charge on any atom is 0.280 e. The van der Waals surface area contributed by atoms with Gasteiger partial charge in [-0.05, 0) is 12.8 Å². The fourth-order valence-electron chi connectivity index (χ4n) is 2.67. The van der Waals surface area contributed by atoms with Crippen LogP contribution in [0.3, 0.4) is 0 Å². The van der Waals surface area contributed by atoms with Gasteiger partial charge in [0.2, 0.25) is 11.6 Å². The standard InChI is InChI=1S/C18H24O6/c19-13-11-9-7-5-3-1-2-4-6-8-10-12-14(20)16(22)18(24)17(23)15(13)21/h1-12H2. The molecule has 1 saturated carbocycles. The summed E-state index contributed by atoms with van der Waals surface area (Å²) in [5.74, 6) is -8.26. The van der Waals surface area contributed by atoms with Crippen LogP contribution < -0.4 is 0 Å². The number of Topliss-reactive ketones (excluding diaryl/α,β-unsaturated/α-hetero) is 6. The van der Waals surface area contributed by atoms with E-state index in [2.05, 4.69) is 0 Å². The minimum atomic E-state index is -1.68. The Bertz CT molecular complexity index is 484. The third kappa shape index (κ3) is 6.64. The van der Waals surface area contributed by atoms with Crippen molar-refractivity contribution in [1.29, 1.82) is 0 Å². The Morgan fingerprint density at radius 1 is 0.333 bits per heavy atom. The van der Waals surface area contributed by atoms with Crippen LogP contribution in [0.2, 0.25) is 0 Å². The first-order valence-corrected chi connectivity index (χ1v) is 8.68. The van der Waals surface area contributed by atoms with Crippen molar-refractivity contribution in [2.24, 2.45) is 0 Å². The summed E-state index contributed by atoms with van der Waals surface area (Å²) in [4.78, 5) is 69.7. The van der Waals surface area contributed by atoms with E-state index >= 15 is 0 Å². The summed E-state index contributed by atoms with van der Waals surface area (Å²) in [6.07, 6.45) is 8.53. The number of ketones is 6. The van der Waals surface area contributed by atoms with Crippen LogP contribution in [-0.4, -0.2) is 34.7 Å². The molecule has 1 fully saturated rings. The Balaban J connectivity index is 2.69. The summed E-state index contributed by atoms with van der Waals surface area (Å²) in [5, 5.41) is 0. The minimum absolute atomic E-state index is 0.111. The fraction of sp³-hybridized carbons (Fsp3) is 0.667. The van der Waals surface area contributed by atoms with Crippen LogP contribution in [0.25, 0.3) is 0 Å². The molecule has 0 N–H and O–H groups in total. The second-order valence-corrected chi connectivity index (χ2v) is 6.20. The average Bonchev–Trinajstić information content (AvgIpc) is 2.58. The zero-order valence-electron chi connectivity index (χ0n) is 13.9. The molecule has 0 aromatic carbocycles. The number of hydrogen-bond acceptors (Lipinski definition) is 6. The van der Waals surface area contributed by atoms with Gasteiger partial charge in [-0.15, -0.1) is 0 Å². The quantitative estimate of drug-likeness (QED) is 0.628. The van der Waals surface area contributed by atoms with Gasteiger partial charge in [0.15, 0.2) is 0 Å². The zero-order valence-corrected chi connectivity index (χ0v) is 13.9. The molecule has 0 unspecified atom stereocenters. The molecule has 6 heteroatoms. The van der Waals surface area contributed by atoms with Gasteiger partial charge >= 0.3 is 0 Å². The summed E-state index contributed by atoms with van der Waals surface area (Å²) in [6, 6.07) is 0. The lowest BCUT2D eigenvalue weighted by atomic mass is 9.97. The van der Waals surface area contributed by atoms with E-state index in [4.69, 9.17) is 0 Å². The molecule has 0 spiro atoms. The van der Waals surface area contributed by atoms with Crippen LogP contribution >= 0.6 is 0 Å². The average molecular weight is 336 g/mol. The number of hydrogen-bond donors (Lipinski definition) is 0. The van der Waals surface area contributed by atoms with Crippen LogP contribution in [-0.2, 0) is 28.8 Å². The van der Waals surface area contributed by atoms with Crippen LogP contribution in [0.1, 0.15) is 77.0 Å². The molecule has 0 aromatic rings. The highest BCUT2D eigenvalue weighted by Crippen LogP contribution is 2.13. The fourth-order valence-corrected chi connectivity index (χ4v) is 2.67. The van der Waals surface area contributed by atoms with Crippen LogP contribution in [0.4, 0.5) is 0 Å².